The molecule has 0 bridgehead atoms. The summed E-state index contributed by atoms with van der Waals surface area (Å²) in [4.78, 5) is 36.3. The second-order valence-corrected chi connectivity index (χ2v) is 5.38. The fourth-order valence-corrected chi connectivity index (χ4v) is 2.83. The first kappa shape index (κ1) is 17.6. The van der Waals surface area contributed by atoms with Gasteiger partial charge < -0.3 is 14.7 Å². The van der Waals surface area contributed by atoms with Crippen LogP contribution in [-0.2, 0) is 14.3 Å². The second kappa shape index (κ2) is 7.22. The Morgan fingerprint density at radius 2 is 2.08 bits per heavy atom. The van der Waals surface area contributed by atoms with Crippen molar-refractivity contribution >= 4 is 17.4 Å². The first-order valence-electron chi connectivity index (χ1n) is 7.37. The Hall–Kier alpha value is -2.74. The number of amides is 1. The number of nitro benzene ring substituents is 1. The highest BCUT2D eigenvalue weighted by atomic mass is 16.6. The van der Waals surface area contributed by atoms with Crippen molar-refractivity contribution in [1.29, 1.82) is 0 Å². The summed E-state index contributed by atoms with van der Waals surface area (Å²) in [6.45, 7) is 1.80. The number of rotatable bonds is 7. The smallest absolute Gasteiger partial charge is 0.290 e. The van der Waals surface area contributed by atoms with Crippen molar-refractivity contribution in [1.82, 2.24) is 4.90 Å². The molecule has 1 N–H and O–H groups in total. The van der Waals surface area contributed by atoms with Gasteiger partial charge in [-0.05, 0) is 19.4 Å². The van der Waals surface area contributed by atoms with Gasteiger partial charge in [-0.1, -0.05) is 12.1 Å². The Morgan fingerprint density at radius 1 is 1.42 bits per heavy atom. The van der Waals surface area contributed by atoms with Gasteiger partial charge in [0.15, 0.2) is 11.5 Å². The number of benzene rings is 1. The van der Waals surface area contributed by atoms with Crippen LogP contribution in [-0.4, -0.2) is 46.9 Å². The van der Waals surface area contributed by atoms with Gasteiger partial charge in [0, 0.05) is 26.3 Å². The van der Waals surface area contributed by atoms with Crippen LogP contribution in [0.4, 0.5) is 5.69 Å². The summed E-state index contributed by atoms with van der Waals surface area (Å²) in [5.74, 6) is -1.86. The fourth-order valence-electron chi connectivity index (χ4n) is 2.83. The molecule has 0 fully saturated rings. The van der Waals surface area contributed by atoms with Crippen LogP contribution in [0.1, 0.15) is 24.9 Å². The molecule has 1 atom stereocenters. The summed E-state index contributed by atoms with van der Waals surface area (Å²) < 4.78 is 4.95. The second-order valence-electron chi connectivity index (χ2n) is 5.38. The van der Waals surface area contributed by atoms with E-state index < -0.39 is 28.4 Å². The minimum atomic E-state index is -0.978. The highest BCUT2D eigenvalue weighted by molar-refractivity contribution is 6.08. The molecular weight excluding hydrogens is 316 g/mol. The third kappa shape index (κ3) is 3.13. The number of methoxy groups -OCH3 is 1. The van der Waals surface area contributed by atoms with Gasteiger partial charge in [0.25, 0.3) is 11.6 Å². The molecule has 1 aromatic rings. The van der Waals surface area contributed by atoms with Crippen molar-refractivity contribution in [2.75, 3.05) is 20.3 Å². The maximum atomic E-state index is 12.3. The van der Waals surface area contributed by atoms with Crippen LogP contribution >= 0.6 is 0 Å². The number of ketones is 1. The molecule has 1 aliphatic heterocycles. The molecule has 0 aliphatic carbocycles. The molecule has 0 aromatic heterocycles. The van der Waals surface area contributed by atoms with E-state index in [2.05, 4.69) is 0 Å². The topological polar surface area (TPSA) is 110 Å². The number of carbonyl (C=O) groups excluding carboxylic acids is 2. The molecule has 0 radical (unpaired) electrons. The van der Waals surface area contributed by atoms with Crippen LogP contribution in [0, 0.1) is 10.1 Å². The number of para-hydroxylation sites is 1. The van der Waals surface area contributed by atoms with Crippen molar-refractivity contribution < 1.29 is 24.4 Å². The molecule has 1 heterocycles. The highest BCUT2D eigenvalue weighted by Crippen LogP contribution is 2.41. The van der Waals surface area contributed by atoms with E-state index in [9.17, 15) is 24.8 Å². The summed E-state index contributed by atoms with van der Waals surface area (Å²) in [5.41, 5.74) is -0.130. The number of hydrogen-bond acceptors (Lipinski definition) is 6. The minimum Gasteiger partial charge on any atom is -0.503 e. The van der Waals surface area contributed by atoms with Crippen LogP contribution in [0.15, 0.2) is 35.6 Å². The average molecular weight is 334 g/mol. The van der Waals surface area contributed by atoms with E-state index in [4.69, 9.17) is 4.74 Å². The van der Waals surface area contributed by atoms with E-state index in [0.29, 0.717) is 13.0 Å². The quantitative estimate of drug-likeness (QED) is 0.463. The van der Waals surface area contributed by atoms with E-state index in [0.717, 1.165) is 0 Å². The Kier molecular flexibility index (Phi) is 5.30. The number of nitrogens with zero attached hydrogens (tertiary/aromatic N) is 2. The summed E-state index contributed by atoms with van der Waals surface area (Å²) in [5, 5.41) is 21.4. The average Bonchev–Trinajstić information content (AvgIpc) is 2.80. The van der Waals surface area contributed by atoms with E-state index in [1.807, 2.05) is 0 Å². The number of carbonyl (C=O) groups is 2. The lowest BCUT2D eigenvalue weighted by Crippen LogP contribution is -2.32. The molecule has 1 aromatic carbocycles. The molecule has 0 saturated heterocycles. The van der Waals surface area contributed by atoms with E-state index in [1.54, 1.807) is 6.07 Å². The first-order chi connectivity index (χ1) is 11.4. The molecule has 128 valence electrons. The van der Waals surface area contributed by atoms with E-state index in [1.165, 1.54) is 37.1 Å². The number of ether oxygens (including phenoxy) is 1. The zero-order chi connectivity index (χ0) is 17.9. The number of hydrogen-bond donors (Lipinski definition) is 1. The molecule has 8 heteroatoms. The Balaban J connectivity index is 2.53. The monoisotopic (exact) mass is 334 g/mol. The predicted molar refractivity (Wildman–Crippen MR) is 84.4 cm³/mol. The largest absolute Gasteiger partial charge is 0.503 e. The lowest BCUT2D eigenvalue weighted by Gasteiger charge is -2.26. The summed E-state index contributed by atoms with van der Waals surface area (Å²) in [6.07, 6.45) is 0.470. The van der Waals surface area contributed by atoms with Crippen LogP contribution < -0.4 is 0 Å². The van der Waals surface area contributed by atoms with Gasteiger partial charge in [0.2, 0.25) is 0 Å². The Labute approximate surface area is 138 Å². The lowest BCUT2D eigenvalue weighted by atomic mass is 9.95. The van der Waals surface area contributed by atoms with Crippen molar-refractivity contribution in [3.63, 3.8) is 0 Å². The van der Waals surface area contributed by atoms with Crippen LogP contribution in [0.5, 0.6) is 0 Å². The van der Waals surface area contributed by atoms with E-state index in [-0.39, 0.29) is 23.4 Å². The Morgan fingerprint density at radius 3 is 2.67 bits per heavy atom. The van der Waals surface area contributed by atoms with Gasteiger partial charge in [-0.15, -0.1) is 0 Å². The molecule has 1 aliphatic rings. The fraction of sp³-hybridized carbons (Fsp3) is 0.375. The van der Waals surface area contributed by atoms with Crippen LogP contribution in [0.25, 0.3) is 0 Å². The third-order valence-corrected chi connectivity index (χ3v) is 3.86. The van der Waals surface area contributed by atoms with Crippen molar-refractivity contribution in [3.8, 4) is 0 Å². The van der Waals surface area contributed by atoms with Crippen molar-refractivity contribution in [2.24, 2.45) is 0 Å². The van der Waals surface area contributed by atoms with Gasteiger partial charge in [-0.3, -0.25) is 19.7 Å². The van der Waals surface area contributed by atoms with Gasteiger partial charge >= 0.3 is 0 Å². The van der Waals surface area contributed by atoms with Crippen LogP contribution in [0.2, 0.25) is 0 Å². The summed E-state index contributed by atoms with van der Waals surface area (Å²) in [7, 11) is 1.52. The van der Waals surface area contributed by atoms with Gasteiger partial charge in [-0.25, -0.2) is 0 Å². The van der Waals surface area contributed by atoms with Gasteiger partial charge in [-0.2, -0.15) is 0 Å². The molecule has 0 spiro atoms. The third-order valence-electron chi connectivity index (χ3n) is 3.86. The highest BCUT2D eigenvalue weighted by Gasteiger charge is 2.44. The van der Waals surface area contributed by atoms with Crippen molar-refractivity contribution in [2.45, 2.75) is 19.4 Å². The Bertz CT molecular complexity index is 712. The first-order valence-corrected chi connectivity index (χ1v) is 7.37. The summed E-state index contributed by atoms with van der Waals surface area (Å²) >= 11 is 0. The molecule has 2 rings (SSSR count). The molecule has 0 saturated carbocycles. The molecule has 1 unspecified atom stereocenters. The SMILES string of the molecule is COCCCN1C(=O)C(O)=C(C(C)=O)C1c1ccccc1[N+](=O)[O-]. The zero-order valence-electron chi connectivity index (χ0n) is 13.4. The minimum absolute atomic E-state index is 0.119. The lowest BCUT2D eigenvalue weighted by molar-refractivity contribution is -0.385. The normalized spacial score (nSPS) is 17.5. The standard InChI is InChI=1S/C16H18N2O6/c1-10(19)13-14(11-6-3-4-7-12(11)18(22)23)17(8-5-9-24-2)16(21)15(13)20/h3-4,6-7,14,20H,5,8-9H2,1-2H3. The number of aliphatic hydroxyl groups is 1. The number of nitro groups is 1. The maximum Gasteiger partial charge on any atom is 0.290 e. The molecule has 8 nitrogen and oxygen atoms in total. The maximum absolute atomic E-state index is 12.3. The van der Waals surface area contributed by atoms with E-state index >= 15 is 0 Å². The molecule has 24 heavy (non-hydrogen) atoms. The van der Waals surface area contributed by atoms with Gasteiger partial charge in [0.05, 0.1) is 22.1 Å². The molecular formula is C16H18N2O6. The predicted octanol–water partition coefficient (Wildman–Crippen LogP) is 1.92. The van der Waals surface area contributed by atoms with Gasteiger partial charge in [0.1, 0.15) is 0 Å². The van der Waals surface area contributed by atoms with Crippen molar-refractivity contribution in [3.05, 3.63) is 51.3 Å². The number of aliphatic hydroxyl groups excluding tert-OH is 1. The number of Topliss-reactive ketones (excluding diaryl/α,β-unsaturated/α-hetero) is 1. The molecule has 1 amide bonds. The summed E-state index contributed by atoms with van der Waals surface area (Å²) in [6, 6.07) is 4.91. The van der Waals surface area contributed by atoms with Crippen LogP contribution in [0.3, 0.4) is 0 Å². The zero-order valence-corrected chi connectivity index (χ0v) is 13.4.